The Kier molecular flexibility index (Phi) is 14.3. The first-order valence-corrected chi connectivity index (χ1v) is 21.3. The fourth-order valence-electron chi connectivity index (χ4n) is 9.02. The third-order valence-electron chi connectivity index (χ3n) is 11.9. The van der Waals surface area contributed by atoms with E-state index in [0.29, 0.717) is 32.5 Å². The largest absolute Gasteiger partial charge is 0.384 e. The van der Waals surface area contributed by atoms with Crippen LogP contribution in [0.2, 0.25) is 0 Å². The lowest BCUT2D eigenvalue weighted by Crippen LogP contribution is -2.58. The van der Waals surface area contributed by atoms with E-state index < -0.39 is 12.1 Å². The number of aryl methyl sites for hydroxylation is 1. The van der Waals surface area contributed by atoms with Crippen molar-refractivity contribution in [3.63, 3.8) is 0 Å². The Morgan fingerprint density at radius 3 is 2.51 bits per heavy atom. The van der Waals surface area contributed by atoms with Crippen LogP contribution in [0.3, 0.4) is 0 Å². The maximum absolute atomic E-state index is 14.1. The predicted octanol–water partition coefficient (Wildman–Crippen LogP) is 6.23. The van der Waals surface area contributed by atoms with Crippen molar-refractivity contribution in [2.75, 3.05) is 47.5 Å². The highest BCUT2D eigenvalue weighted by molar-refractivity contribution is 5.95. The van der Waals surface area contributed by atoms with Gasteiger partial charge in [0.25, 0.3) is 5.91 Å². The maximum Gasteiger partial charge on any atom is 0.259 e. The molecule has 0 bridgehead atoms. The number of carbonyl (C=O) groups is 3. The van der Waals surface area contributed by atoms with Crippen LogP contribution in [0.5, 0.6) is 0 Å². The van der Waals surface area contributed by atoms with Crippen molar-refractivity contribution in [3.05, 3.63) is 76.6 Å². The van der Waals surface area contributed by atoms with Crippen LogP contribution in [-0.4, -0.2) is 97.3 Å². The quantitative estimate of drug-likeness (QED) is 0.107. The van der Waals surface area contributed by atoms with Gasteiger partial charge in [0.2, 0.25) is 12.3 Å². The van der Waals surface area contributed by atoms with Gasteiger partial charge in [0.05, 0.1) is 29.8 Å². The minimum absolute atomic E-state index is 0.142. The Labute approximate surface area is 350 Å². The number of nitrogens with zero attached hydrogens (tertiary/aromatic N) is 4. The molecule has 0 aliphatic carbocycles. The number of ether oxygens (including phenoxy) is 2. The van der Waals surface area contributed by atoms with E-state index in [1.165, 1.54) is 27.1 Å². The van der Waals surface area contributed by atoms with Gasteiger partial charge in [-0.3, -0.25) is 24.4 Å². The molecule has 3 amide bonds. The fraction of sp³-hybridized carbons (Fsp3) is 0.532. The van der Waals surface area contributed by atoms with Gasteiger partial charge >= 0.3 is 0 Å². The third-order valence-corrected chi connectivity index (χ3v) is 11.9. The lowest BCUT2D eigenvalue weighted by Gasteiger charge is -2.33. The molecule has 0 spiro atoms. The van der Waals surface area contributed by atoms with Crippen LogP contribution in [0.4, 0.5) is 0 Å². The Hall–Kier alpha value is -4.62. The van der Waals surface area contributed by atoms with E-state index in [1.807, 2.05) is 26.0 Å². The Balaban J connectivity index is 1.44. The van der Waals surface area contributed by atoms with Crippen molar-refractivity contribution in [1.82, 2.24) is 35.5 Å². The van der Waals surface area contributed by atoms with Gasteiger partial charge in [-0.15, -0.1) is 0 Å². The van der Waals surface area contributed by atoms with Gasteiger partial charge < -0.3 is 29.6 Å². The van der Waals surface area contributed by atoms with Gasteiger partial charge in [0, 0.05) is 70.3 Å². The normalized spacial score (nSPS) is 16.1. The summed E-state index contributed by atoms with van der Waals surface area (Å²) in [7, 11) is 5.11. The molecule has 59 heavy (non-hydrogen) atoms. The molecule has 0 saturated carbocycles. The van der Waals surface area contributed by atoms with E-state index in [2.05, 4.69) is 84.7 Å². The second kappa shape index (κ2) is 19.2. The number of benzene rings is 2. The van der Waals surface area contributed by atoms with Crippen LogP contribution in [0, 0.1) is 11.3 Å². The highest BCUT2D eigenvalue weighted by Crippen LogP contribution is 2.42. The number of hydrazine groups is 1. The van der Waals surface area contributed by atoms with E-state index in [0.717, 1.165) is 84.5 Å². The molecule has 4 aromatic rings. The van der Waals surface area contributed by atoms with Crippen LogP contribution in [0.25, 0.3) is 33.3 Å². The number of fused-ring (bicyclic) bond motifs is 2. The number of carbonyl (C=O) groups excluding carboxylic acids is 3. The second-order valence-corrected chi connectivity index (χ2v) is 17.4. The summed E-state index contributed by atoms with van der Waals surface area (Å²) in [5, 5.41) is 9.35. The summed E-state index contributed by atoms with van der Waals surface area (Å²) in [5.41, 5.74) is 14.1. The van der Waals surface area contributed by atoms with Gasteiger partial charge in [-0.2, -0.15) is 0 Å². The molecule has 3 unspecified atom stereocenters. The van der Waals surface area contributed by atoms with E-state index in [4.69, 9.17) is 14.5 Å². The molecule has 12 heteroatoms. The number of hydrogen-bond donors (Lipinski definition) is 3. The van der Waals surface area contributed by atoms with E-state index >= 15 is 0 Å². The molecule has 1 fully saturated rings. The first kappa shape index (κ1) is 43.9. The maximum atomic E-state index is 14.1. The SMILES string of the molecule is CCn1c(-c2cc3c(nc2C(C)OC)CNCC3)c(CC(C)(C)COC)c2cc(-c3cccc(CC(NC(=O)C(C(C)C)N(C)C=O)C(=O)N4CCCCN4)c3)ccc21. The van der Waals surface area contributed by atoms with Crippen molar-refractivity contribution in [3.8, 4) is 22.4 Å². The molecular weight excluding hydrogens is 743 g/mol. The molecule has 12 nitrogen and oxygen atoms in total. The standard InChI is InChI=1S/C47H65N7O5/c1-10-53-41-17-16-34(24-36(41)38(26-47(5,6)28-58-8)44(53)37-25-35-18-20-48-27-40(35)50-42(37)31(4)59-9)33-15-13-14-32(22-33)23-39(46(57)54-21-12-11-19-49-54)51-45(56)43(30(2)3)52(7)29-55/h13-17,22,24-25,29-31,39,43,48-49H,10-12,18-21,23,26-28H2,1-9H3,(H,51,56). The number of hydrogen-bond acceptors (Lipinski definition) is 8. The van der Waals surface area contributed by atoms with Gasteiger partial charge in [-0.05, 0) is 103 Å². The number of amides is 3. The first-order chi connectivity index (χ1) is 28.3. The highest BCUT2D eigenvalue weighted by atomic mass is 16.5. The second-order valence-electron chi connectivity index (χ2n) is 17.4. The molecular formula is C47H65N7O5. The van der Waals surface area contributed by atoms with Crippen LogP contribution in [0.15, 0.2) is 48.5 Å². The van der Waals surface area contributed by atoms with Crippen molar-refractivity contribution < 1.29 is 23.9 Å². The van der Waals surface area contributed by atoms with Crippen LogP contribution < -0.4 is 16.1 Å². The zero-order chi connectivity index (χ0) is 42.4. The Morgan fingerprint density at radius 1 is 1.05 bits per heavy atom. The van der Waals surface area contributed by atoms with Crippen molar-refractivity contribution in [2.45, 2.75) is 105 Å². The molecule has 2 aromatic heterocycles. The van der Waals surface area contributed by atoms with Gasteiger partial charge in [-0.1, -0.05) is 58.0 Å². The third kappa shape index (κ3) is 9.72. The molecule has 6 rings (SSSR count). The molecule has 0 radical (unpaired) electrons. The number of pyridine rings is 1. The Morgan fingerprint density at radius 2 is 1.83 bits per heavy atom. The first-order valence-electron chi connectivity index (χ1n) is 21.3. The minimum Gasteiger partial charge on any atom is -0.384 e. The minimum atomic E-state index is -0.826. The molecule has 2 aromatic carbocycles. The summed E-state index contributed by atoms with van der Waals surface area (Å²) in [6.07, 6.45) is 4.33. The van der Waals surface area contributed by atoms with Crippen molar-refractivity contribution in [1.29, 1.82) is 0 Å². The number of nitrogens with one attached hydrogen (secondary N) is 3. The molecule has 2 aliphatic heterocycles. The molecule has 1 saturated heterocycles. The van der Waals surface area contributed by atoms with E-state index in [1.54, 1.807) is 26.3 Å². The molecule has 4 heterocycles. The number of likely N-dealkylation sites (N-methyl/N-ethyl adjacent to an activating group) is 1. The van der Waals surface area contributed by atoms with Crippen molar-refractivity contribution >= 4 is 29.1 Å². The number of methoxy groups -OCH3 is 2. The van der Waals surface area contributed by atoms with Crippen LogP contribution in [0.1, 0.15) is 88.6 Å². The smallest absolute Gasteiger partial charge is 0.259 e. The lowest BCUT2D eigenvalue weighted by atomic mass is 9.83. The lowest BCUT2D eigenvalue weighted by molar-refractivity contribution is -0.142. The van der Waals surface area contributed by atoms with Gasteiger partial charge in [-0.25, -0.2) is 5.43 Å². The fourth-order valence-corrected chi connectivity index (χ4v) is 9.02. The summed E-state index contributed by atoms with van der Waals surface area (Å²) in [5.74, 6) is -0.676. The molecule has 318 valence electrons. The zero-order valence-electron chi connectivity index (χ0n) is 36.6. The van der Waals surface area contributed by atoms with Crippen LogP contribution in [-0.2, 0) is 56.2 Å². The van der Waals surface area contributed by atoms with E-state index in [-0.39, 0.29) is 29.3 Å². The van der Waals surface area contributed by atoms with Gasteiger partial charge in [0.1, 0.15) is 12.1 Å². The number of rotatable bonds is 17. The van der Waals surface area contributed by atoms with E-state index in [9.17, 15) is 14.4 Å². The van der Waals surface area contributed by atoms with Crippen molar-refractivity contribution in [2.24, 2.45) is 11.3 Å². The van der Waals surface area contributed by atoms with Gasteiger partial charge in [0.15, 0.2) is 0 Å². The zero-order valence-corrected chi connectivity index (χ0v) is 36.6. The summed E-state index contributed by atoms with van der Waals surface area (Å²) < 4.78 is 14.2. The topological polar surface area (TPSA) is 130 Å². The average molecular weight is 808 g/mol. The molecule has 2 aliphatic rings. The number of aromatic nitrogens is 2. The average Bonchev–Trinajstić information content (AvgIpc) is 3.53. The Bertz CT molecular complexity index is 2120. The molecule has 3 N–H and O–H groups in total. The predicted molar refractivity (Wildman–Crippen MR) is 234 cm³/mol. The summed E-state index contributed by atoms with van der Waals surface area (Å²) in [4.78, 5) is 46.2. The summed E-state index contributed by atoms with van der Waals surface area (Å²) in [6.45, 7) is 16.9. The molecule has 3 atom stereocenters. The summed E-state index contributed by atoms with van der Waals surface area (Å²) >= 11 is 0. The highest BCUT2D eigenvalue weighted by Gasteiger charge is 2.33. The van der Waals surface area contributed by atoms with Crippen LogP contribution >= 0.6 is 0 Å². The monoisotopic (exact) mass is 808 g/mol. The summed E-state index contributed by atoms with van der Waals surface area (Å²) in [6, 6.07) is 15.8.